The predicted molar refractivity (Wildman–Crippen MR) is 133 cm³/mol. The molecule has 0 radical (unpaired) electrons. The zero-order valence-corrected chi connectivity index (χ0v) is 20.2. The van der Waals surface area contributed by atoms with Gasteiger partial charge in [0.05, 0.1) is 24.5 Å². The number of carbonyl (C=O) groups excluding carboxylic acids is 1. The van der Waals surface area contributed by atoms with Crippen LogP contribution in [-0.2, 0) is 6.61 Å². The van der Waals surface area contributed by atoms with Gasteiger partial charge in [0.2, 0.25) is 0 Å². The number of carboxylic acids is 1. The van der Waals surface area contributed by atoms with E-state index < -0.39 is 11.9 Å². The number of hydrazone groups is 1. The first kappa shape index (κ1) is 23.0. The number of nitrogens with zero attached hydrogens (tertiary/aromatic N) is 1. The second-order valence-corrected chi connectivity index (χ2v) is 8.65. The summed E-state index contributed by atoms with van der Waals surface area (Å²) in [6.07, 6.45) is 1.51. The first-order chi connectivity index (χ1) is 14.8. The van der Waals surface area contributed by atoms with Crippen LogP contribution in [0.1, 0.15) is 31.8 Å². The largest absolute Gasteiger partial charge is 0.507 e. The molecule has 9 heteroatoms. The molecule has 0 atom stereocenters. The van der Waals surface area contributed by atoms with Gasteiger partial charge < -0.3 is 14.9 Å². The van der Waals surface area contributed by atoms with Gasteiger partial charge in [-0.2, -0.15) is 5.10 Å². The lowest BCUT2D eigenvalue weighted by Crippen LogP contribution is -2.17. The van der Waals surface area contributed by atoms with Crippen LogP contribution in [0.15, 0.2) is 65.8 Å². The van der Waals surface area contributed by atoms with E-state index in [0.29, 0.717) is 12.4 Å². The first-order valence-electron chi connectivity index (χ1n) is 8.90. The third-order valence-electron chi connectivity index (χ3n) is 4.13. The van der Waals surface area contributed by atoms with E-state index in [-0.39, 0.29) is 16.9 Å². The molecule has 3 N–H and O–H groups in total. The molecule has 0 aliphatic rings. The monoisotopic (exact) mass is 642 g/mol. The number of aromatic carboxylic acids is 1. The van der Waals surface area contributed by atoms with Gasteiger partial charge in [-0.3, -0.25) is 4.79 Å². The molecule has 0 bridgehead atoms. The predicted octanol–water partition coefficient (Wildman–Crippen LogP) is 4.64. The fourth-order valence-electron chi connectivity index (χ4n) is 2.58. The Morgan fingerprint density at radius 3 is 2.29 bits per heavy atom. The zero-order valence-electron chi connectivity index (χ0n) is 15.9. The maximum absolute atomic E-state index is 12.1. The quantitative estimate of drug-likeness (QED) is 0.198. The average molecular weight is 642 g/mol. The highest BCUT2D eigenvalue weighted by Crippen LogP contribution is 2.29. The van der Waals surface area contributed by atoms with Crippen molar-refractivity contribution in [3.63, 3.8) is 0 Å². The number of amides is 1. The van der Waals surface area contributed by atoms with E-state index >= 15 is 0 Å². The molecule has 158 valence electrons. The summed E-state index contributed by atoms with van der Waals surface area (Å²) in [7, 11) is 0. The lowest BCUT2D eigenvalue weighted by molar-refractivity contribution is 0.0696. The molecule has 3 aromatic carbocycles. The Balaban J connectivity index is 1.64. The lowest BCUT2D eigenvalue weighted by atomic mass is 10.1. The van der Waals surface area contributed by atoms with Gasteiger partial charge in [0.15, 0.2) is 0 Å². The molecule has 0 fully saturated rings. The molecule has 31 heavy (non-hydrogen) atoms. The second kappa shape index (κ2) is 10.6. The van der Waals surface area contributed by atoms with Crippen molar-refractivity contribution in [2.24, 2.45) is 5.10 Å². The molecule has 0 aromatic heterocycles. The third-order valence-corrected chi connectivity index (χ3v) is 5.74. The SMILES string of the molecule is O=C(O)c1ccc(COc2c(I)cc(/C=N/NC(=O)c3ccccc3O)cc2I)cc1. The fourth-order valence-corrected chi connectivity index (χ4v) is 4.71. The number of phenolic OH excluding ortho intramolecular Hbond substituents is 1. The molecular formula is C22H16I2N2O5. The van der Waals surface area contributed by atoms with Crippen molar-refractivity contribution in [3.05, 3.63) is 90.1 Å². The van der Waals surface area contributed by atoms with E-state index in [1.165, 1.54) is 18.3 Å². The maximum Gasteiger partial charge on any atom is 0.335 e. The first-order valence-corrected chi connectivity index (χ1v) is 11.1. The molecule has 1 amide bonds. The molecule has 0 aliphatic heterocycles. The van der Waals surface area contributed by atoms with Crippen LogP contribution in [0.5, 0.6) is 11.5 Å². The van der Waals surface area contributed by atoms with Crippen LogP contribution in [0, 0.1) is 7.14 Å². The van der Waals surface area contributed by atoms with Crippen LogP contribution >= 0.6 is 45.2 Å². The van der Waals surface area contributed by atoms with Gasteiger partial charge in [-0.15, -0.1) is 0 Å². The Bertz CT molecular complexity index is 1120. The molecule has 0 aliphatic carbocycles. The summed E-state index contributed by atoms with van der Waals surface area (Å²) in [5.74, 6) is -0.879. The summed E-state index contributed by atoms with van der Waals surface area (Å²) in [6, 6.07) is 16.5. The van der Waals surface area contributed by atoms with E-state index in [9.17, 15) is 14.7 Å². The maximum atomic E-state index is 12.1. The van der Waals surface area contributed by atoms with Gasteiger partial charge in [-0.05, 0) is 92.7 Å². The summed E-state index contributed by atoms with van der Waals surface area (Å²) in [5, 5.41) is 22.6. The van der Waals surface area contributed by atoms with E-state index in [0.717, 1.165) is 18.3 Å². The number of carboxylic acid groups (broad SMARTS) is 1. The Kier molecular flexibility index (Phi) is 7.85. The number of nitrogens with one attached hydrogen (secondary N) is 1. The summed E-state index contributed by atoms with van der Waals surface area (Å²) < 4.78 is 7.64. The Morgan fingerprint density at radius 1 is 1.03 bits per heavy atom. The summed E-state index contributed by atoms with van der Waals surface area (Å²) in [6.45, 7) is 0.302. The Labute approximate surface area is 205 Å². The van der Waals surface area contributed by atoms with Crippen molar-refractivity contribution in [3.8, 4) is 11.5 Å². The molecular weight excluding hydrogens is 626 g/mol. The number of aromatic hydroxyl groups is 1. The topological polar surface area (TPSA) is 108 Å². The van der Waals surface area contributed by atoms with E-state index in [1.54, 1.807) is 36.4 Å². The number of carbonyl (C=O) groups is 2. The van der Waals surface area contributed by atoms with Gasteiger partial charge in [0.25, 0.3) is 5.91 Å². The lowest BCUT2D eigenvalue weighted by Gasteiger charge is -2.11. The summed E-state index contributed by atoms with van der Waals surface area (Å²) in [5.41, 5.74) is 4.39. The molecule has 3 rings (SSSR count). The van der Waals surface area contributed by atoms with Crippen LogP contribution in [0.25, 0.3) is 0 Å². The average Bonchev–Trinajstić information content (AvgIpc) is 2.73. The van der Waals surface area contributed by atoms with Gasteiger partial charge in [-0.25, -0.2) is 10.2 Å². The van der Waals surface area contributed by atoms with Crippen LogP contribution in [-0.4, -0.2) is 28.3 Å². The van der Waals surface area contributed by atoms with Crippen LogP contribution < -0.4 is 10.2 Å². The number of halogens is 2. The highest BCUT2D eigenvalue weighted by molar-refractivity contribution is 14.1. The number of rotatable bonds is 7. The molecule has 0 spiro atoms. The number of ether oxygens (including phenoxy) is 1. The fraction of sp³-hybridized carbons (Fsp3) is 0.0455. The summed E-state index contributed by atoms with van der Waals surface area (Å²) >= 11 is 4.32. The van der Waals surface area contributed by atoms with Crippen molar-refractivity contribution < 1.29 is 24.5 Å². The molecule has 0 saturated heterocycles. The number of hydrogen-bond acceptors (Lipinski definition) is 5. The van der Waals surface area contributed by atoms with Crippen molar-refractivity contribution in [1.82, 2.24) is 5.43 Å². The minimum atomic E-state index is -0.967. The number of benzene rings is 3. The third kappa shape index (κ3) is 6.17. The van der Waals surface area contributed by atoms with Crippen LogP contribution in [0.3, 0.4) is 0 Å². The van der Waals surface area contributed by atoms with Crippen LogP contribution in [0.4, 0.5) is 0 Å². The van der Waals surface area contributed by atoms with Crippen LogP contribution in [0.2, 0.25) is 0 Å². The van der Waals surface area contributed by atoms with Gasteiger partial charge >= 0.3 is 5.97 Å². The molecule has 0 unspecified atom stereocenters. The molecule has 7 nitrogen and oxygen atoms in total. The molecule has 3 aromatic rings. The van der Waals surface area contributed by atoms with Gasteiger partial charge in [0, 0.05) is 0 Å². The normalized spacial score (nSPS) is 10.8. The Morgan fingerprint density at radius 2 is 1.68 bits per heavy atom. The standard InChI is InChI=1S/C22H16I2N2O5/c23-17-9-14(11-25-26-21(28)16-3-1-2-4-19(16)27)10-18(24)20(17)31-12-13-5-7-15(8-6-13)22(29)30/h1-11,27H,12H2,(H,26,28)(H,29,30)/b25-11+. The van der Waals surface area contributed by atoms with Crippen molar-refractivity contribution >= 4 is 63.3 Å². The van der Waals surface area contributed by atoms with E-state index in [1.807, 2.05) is 12.1 Å². The van der Waals surface area contributed by atoms with Crippen molar-refractivity contribution in [2.45, 2.75) is 6.61 Å². The highest BCUT2D eigenvalue weighted by Gasteiger charge is 2.11. The Hall–Kier alpha value is -2.67. The second-order valence-electron chi connectivity index (χ2n) is 6.32. The van der Waals surface area contributed by atoms with Crippen molar-refractivity contribution in [1.29, 1.82) is 0 Å². The summed E-state index contributed by atoms with van der Waals surface area (Å²) in [4.78, 5) is 23.0. The van der Waals surface area contributed by atoms with Gasteiger partial charge in [0.1, 0.15) is 18.1 Å². The zero-order chi connectivity index (χ0) is 22.4. The minimum Gasteiger partial charge on any atom is -0.507 e. The van der Waals surface area contributed by atoms with Crippen molar-refractivity contribution in [2.75, 3.05) is 0 Å². The smallest absolute Gasteiger partial charge is 0.335 e. The number of para-hydroxylation sites is 1. The number of hydrogen-bond donors (Lipinski definition) is 3. The molecule has 0 heterocycles. The minimum absolute atomic E-state index is 0.113. The van der Waals surface area contributed by atoms with E-state index in [2.05, 4.69) is 55.7 Å². The number of phenols is 1. The molecule has 0 saturated carbocycles. The van der Waals surface area contributed by atoms with E-state index in [4.69, 9.17) is 9.84 Å². The van der Waals surface area contributed by atoms with Gasteiger partial charge in [-0.1, -0.05) is 24.3 Å². The highest BCUT2D eigenvalue weighted by atomic mass is 127.